The first-order valence-electron chi connectivity index (χ1n) is 6.63. The molecule has 0 aliphatic carbocycles. The van der Waals surface area contributed by atoms with Gasteiger partial charge >= 0.3 is 7.82 Å². The van der Waals surface area contributed by atoms with Gasteiger partial charge in [-0.15, -0.1) is 0 Å². The van der Waals surface area contributed by atoms with Crippen molar-refractivity contribution in [2.45, 2.75) is 24.6 Å². The number of aliphatic hydroxyl groups excluding tert-OH is 1. The minimum atomic E-state index is -4.76. The van der Waals surface area contributed by atoms with E-state index in [1.54, 1.807) is 0 Å². The van der Waals surface area contributed by atoms with Crippen LogP contribution in [-0.4, -0.2) is 54.4 Å². The summed E-state index contributed by atoms with van der Waals surface area (Å²) in [5.74, 6) is 0.181. The standard InChI is InChI=1S/C11H13BrFN4O6P/c12-4-1-17(10-6(4)9(14)15-3-16-10)11-7(13)8(18)5(23-11)2-22-24(19,20)21/h1,3,5,7-8,11,18H,2H2,(H2,14,15,16)(H2,19,20,21)/t5-,7+,8-,11-/m1/s1. The fourth-order valence-electron chi connectivity index (χ4n) is 2.49. The van der Waals surface area contributed by atoms with Crippen LogP contribution >= 0.6 is 23.8 Å². The Morgan fingerprint density at radius 1 is 1.50 bits per heavy atom. The van der Waals surface area contributed by atoms with Crippen molar-refractivity contribution in [2.24, 2.45) is 0 Å². The Bertz CT molecular complexity index is 815. The highest BCUT2D eigenvalue weighted by atomic mass is 79.9. The average molecular weight is 427 g/mol. The number of phosphoric ester groups is 1. The quantitative estimate of drug-likeness (QED) is 0.511. The van der Waals surface area contributed by atoms with Crippen molar-refractivity contribution in [1.29, 1.82) is 0 Å². The third-order valence-electron chi connectivity index (χ3n) is 3.57. The SMILES string of the molecule is Nc1ncnc2c1c(Br)cn2[C@@H]1O[C@H](COP(=O)(O)O)[C@@H](O)[C@@H]1F. The van der Waals surface area contributed by atoms with Crippen LogP contribution < -0.4 is 5.73 Å². The lowest BCUT2D eigenvalue weighted by molar-refractivity contribution is -0.0449. The molecule has 10 nitrogen and oxygen atoms in total. The van der Waals surface area contributed by atoms with Crippen molar-refractivity contribution in [2.75, 3.05) is 12.3 Å². The van der Waals surface area contributed by atoms with E-state index < -0.39 is 39.0 Å². The Labute approximate surface area is 142 Å². The van der Waals surface area contributed by atoms with Crippen molar-refractivity contribution in [3.8, 4) is 0 Å². The van der Waals surface area contributed by atoms with Crippen LogP contribution in [-0.2, 0) is 13.8 Å². The number of aromatic nitrogens is 3. The van der Waals surface area contributed by atoms with E-state index in [1.165, 1.54) is 17.1 Å². The number of fused-ring (bicyclic) bond motifs is 1. The van der Waals surface area contributed by atoms with E-state index in [0.717, 1.165) is 0 Å². The second-order valence-corrected chi connectivity index (χ2v) is 7.22. The van der Waals surface area contributed by atoms with E-state index in [1.807, 2.05) is 0 Å². The number of anilines is 1. The summed E-state index contributed by atoms with van der Waals surface area (Å²) in [6.07, 6.45) is -3.34. The molecule has 1 aliphatic rings. The molecule has 1 saturated heterocycles. The summed E-state index contributed by atoms with van der Waals surface area (Å²) >= 11 is 3.27. The molecule has 5 N–H and O–H groups in total. The molecule has 0 aromatic carbocycles. The number of halogens is 2. The van der Waals surface area contributed by atoms with Gasteiger partial charge in [-0.05, 0) is 15.9 Å². The zero-order valence-electron chi connectivity index (χ0n) is 11.9. The van der Waals surface area contributed by atoms with Crippen molar-refractivity contribution in [3.63, 3.8) is 0 Å². The van der Waals surface area contributed by atoms with Crippen LogP contribution in [0.3, 0.4) is 0 Å². The normalized spacial score (nSPS) is 27.9. The number of hydrogen-bond donors (Lipinski definition) is 4. The first kappa shape index (κ1) is 17.7. The van der Waals surface area contributed by atoms with Crippen LogP contribution in [0, 0.1) is 0 Å². The summed E-state index contributed by atoms with van der Waals surface area (Å²) in [4.78, 5) is 25.3. The molecule has 24 heavy (non-hydrogen) atoms. The highest BCUT2D eigenvalue weighted by molar-refractivity contribution is 9.10. The Morgan fingerprint density at radius 3 is 2.88 bits per heavy atom. The number of ether oxygens (including phenoxy) is 1. The molecule has 4 atom stereocenters. The zero-order chi connectivity index (χ0) is 17.6. The average Bonchev–Trinajstić information content (AvgIpc) is 2.96. The Kier molecular flexibility index (Phi) is 4.64. The molecule has 3 heterocycles. The lowest BCUT2D eigenvalue weighted by atomic mass is 10.1. The van der Waals surface area contributed by atoms with Crippen LogP contribution in [0.4, 0.5) is 10.2 Å². The molecule has 0 bridgehead atoms. The van der Waals surface area contributed by atoms with Crippen LogP contribution in [0.25, 0.3) is 11.0 Å². The highest BCUT2D eigenvalue weighted by Gasteiger charge is 2.46. The smallest absolute Gasteiger partial charge is 0.387 e. The van der Waals surface area contributed by atoms with Gasteiger partial charge in [0.15, 0.2) is 12.4 Å². The van der Waals surface area contributed by atoms with Crippen LogP contribution in [0.1, 0.15) is 6.23 Å². The Balaban J connectivity index is 1.90. The molecule has 0 saturated carbocycles. The first-order valence-corrected chi connectivity index (χ1v) is 8.95. The van der Waals surface area contributed by atoms with E-state index in [0.29, 0.717) is 9.86 Å². The number of alkyl halides is 1. The number of hydrogen-bond acceptors (Lipinski definition) is 7. The number of nitrogens with zero attached hydrogens (tertiary/aromatic N) is 3. The van der Waals surface area contributed by atoms with Gasteiger partial charge in [-0.3, -0.25) is 4.52 Å². The summed E-state index contributed by atoms with van der Waals surface area (Å²) in [6.45, 7) is -0.667. The third-order valence-corrected chi connectivity index (χ3v) is 4.65. The number of nitrogens with two attached hydrogens (primary N) is 1. The lowest BCUT2D eigenvalue weighted by Crippen LogP contribution is -2.31. The van der Waals surface area contributed by atoms with Gasteiger partial charge in [-0.1, -0.05) is 0 Å². The second kappa shape index (κ2) is 6.30. The fraction of sp³-hybridized carbons (Fsp3) is 0.455. The molecule has 1 aliphatic heterocycles. The van der Waals surface area contributed by atoms with Gasteiger partial charge in [0.2, 0.25) is 0 Å². The molecule has 13 heteroatoms. The molecule has 2 aromatic heterocycles. The van der Waals surface area contributed by atoms with Crippen LogP contribution in [0.15, 0.2) is 17.0 Å². The topological polar surface area (TPSA) is 153 Å². The summed E-state index contributed by atoms with van der Waals surface area (Å²) in [6, 6.07) is 0. The Morgan fingerprint density at radius 2 is 2.21 bits per heavy atom. The van der Waals surface area contributed by atoms with Gasteiger partial charge in [0.1, 0.15) is 30.0 Å². The predicted molar refractivity (Wildman–Crippen MR) is 82.4 cm³/mol. The van der Waals surface area contributed by atoms with Gasteiger partial charge in [0.25, 0.3) is 0 Å². The second-order valence-electron chi connectivity index (χ2n) is 5.13. The van der Waals surface area contributed by atoms with E-state index >= 15 is 0 Å². The highest BCUT2D eigenvalue weighted by Crippen LogP contribution is 2.40. The fourth-order valence-corrected chi connectivity index (χ4v) is 3.43. The molecule has 3 rings (SSSR count). The number of aliphatic hydroxyl groups is 1. The lowest BCUT2D eigenvalue weighted by Gasteiger charge is -2.16. The molecule has 0 amide bonds. The largest absolute Gasteiger partial charge is 0.469 e. The Hall–Kier alpha value is -1.14. The van der Waals surface area contributed by atoms with Gasteiger partial charge in [-0.2, -0.15) is 0 Å². The third kappa shape index (κ3) is 3.18. The number of phosphoric acid groups is 1. The molecule has 1 fully saturated rings. The van der Waals surface area contributed by atoms with E-state index in [2.05, 4.69) is 30.4 Å². The van der Waals surface area contributed by atoms with Crippen LogP contribution in [0.2, 0.25) is 0 Å². The maximum absolute atomic E-state index is 14.4. The molecule has 132 valence electrons. The van der Waals surface area contributed by atoms with Crippen LogP contribution in [0.5, 0.6) is 0 Å². The molecule has 0 spiro atoms. The predicted octanol–water partition coefficient (Wildman–Crippen LogP) is 0.482. The van der Waals surface area contributed by atoms with Crippen molar-refractivity contribution < 1.29 is 33.1 Å². The summed E-state index contributed by atoms with van der Waals surface area (Å²) < 4.78 is 36.7. The van der Waals surface area contributed by atoms with Gasteiger partial charge in [0, 0.05) is 10.7 Å². The number of rotatable bonds is 4. The van der Waals surface area contributed by atoms with Crippen molar-refractivity contribution in [1.82, 2.24) is 14.5 Å². The summed E-state index contributed by atoms with van der Waals surface area (Å²) in [7, 11) is -4.76. The molecular formula is C11H13BrFN4O6P. The summed E-state index contributed by atoms with van der Waals surface area (Å²) in [5, 5.41) is 10.4. The van der Waals surface area contributed by atoms with E-state index in [4.69, 9.17) is 20.3 Å². The van der Waals surface area contributed by atoms with Gasteiger partial charge in [-0.25, -0.2) is 18.9 Å². The molecule has 2 aromatic rings. The maximum atomic E-state index is 14.4. The molecule has 0 radical (unpaired) electrons. The monoisotopic (exact) mass is 426 g/mol. The van der Waals surface area contributed by atoms with Crippen molar-refractivity contribution >= 4 is 40.6 Å². The van der Waals surface area contributed by atoms with E-state index in [-0.39, 0.29) is 11.5 Å². The van der Waals surface area contributed by atoms with Gasteiger partial charge in [0.05, 0.1) is 12.0 Å². The maximum Gasteiger partial charge on any atom is 0.469 e. The minimum Gasteiger partial charge on any atom is -0.387 e. The van der Waals surface area contributed by atoms with E-state index in [9.17, 15) is 14.1 Å². The number of nitrogen functional groups attached to an aromatic ring is 1. The summed E-state index contributed by atoms with van der Waals surface area (Å²) in [5.41, 5.74) is 6.05. The first-order chi connectivity index (χ1) is 11.2. The molecular weight excluding hydrogens is 414 g/mol. The van der Waals surface area contributed by atoms with Gasteiger partial charge < -0.3 is 29.9 Å². The minimum absolute atomic E-state index is 0.181. The zero-order valence-corrected chi connectivity index (χ0v) is 14.3. The molecule has 0 unspecified atom stereocenters. The van der Waals surface area contributed by atoms with Crippen molar-refractivity contribution in [3.05, 3.63) is 17.0 Å².